The molecule has 3 aromatic carbocycles. The van der Waals surface area contributed by atoms with Crippen molar-refractivity contribution >= 4 is 38.8 Å². The van der Waals surface area contributed by atoms with Crippen LogP contribution in [0, 0.1) is 23.6 Å². The van der Waals surface area contributed by atoms with E-state index in [4.69, 9.17) is 9.47 Å². The normalized spacial score (nSPS) is 21.6. The van der Waals surface area contributed by atoms with Crippen LogP contribution >= 0.6 is 11.3 Å². The Morgan fingerprint density at radius 2 is 1.68 bits per heavy atom. The summed E-state index contributed by atoms with van der Waals surface area (Å²) in [6.07, 6.45) is -0.585. The quantitative estimate of drug-likeness (QED) is 0.238. The zero-order chi connectivity index (χ0) is 30.3. The number of benzene rings is 3. The van der Waals surface area contributed by atoms with Crippen molar-refractivity contribution in [1.29, 1.82) is 0 Å². The number of fused-ring (bicyclic) bond motifs is 1. The summed E-state index contributed by atoms with van der Waals surface area (Å²) in [7, 11) is -3.68. The van der Waals surface area contributed by atoms with Gasteiger partial charge in [-0.1, -0.05) is 42.5 Å². The molecule has 2 saturated heterocycles. The van der Waals surface area contributed by atoms with Crippen LogP contribution in [0.15, 0.2) is 95.2 Å². The number of carbonyl (C=O) groups excluding carboxylic acids is 1. The van der Waals surface area contributed by atoms with Crippen LogP contribution in [-0.2, 0) is 14.8 Å². The highest BCUT2D eigenvalue weighted by Gasteiger charge is 2.58. The Bertz CT molecular complexity index is 1730. The summed E-state index contributed by atoms with van der Waals surface area (Å²) >= 11 is 1.30. The van der Waals surface area contributed by atoms with Gasteiger partial charge in [-0.2, -0.15) is 4.31 Å². The molecule has 0 spiro atoms. The Balaban J connectivity index is 1.07. The van der Waals surface area contributed by atoms with Gasteiger partial charge in [-0.05, 0) is 76.7 Å². The van der Waals surface area contributed by atoms with E-state index in [0.717, 1.165) is 11.1 Å². The van der Waals surface area contributed by atoms with Gasteiger partial charge in [0.1, 0.15) is 5.82 Å². The lowest BCUT2D eigenvalue weighted by molar-refractivity contribution is 0.122. The highest BCUT2D eigenvalue weighted by atomic mass is 32.2. The van der Waals surface area contributed by atoms with Crippen molar-refractivity contribution in [1.82, 2.24) is 4.31 Å². The van der Waals surface area contributed by atoms with Crippen molar-refractivity contribution in [2.75, 3.05) is 55.7 Å². The highest BCUT2D eigenvalue weighted by Crippen LogP contribution is 2.53. The molecule has 1 amide bonds. The molecule has 0 N–H and O–H groups in total. The maximum absolute atomic E-state index is 15.4. The summed E-state index contributed by atoms with van der Waals surface area (Å²) in [5, 5.41) is 2.27. The van der Waals surface area contributed by atoms with Gasteiger partial charge >= 0.3 is 6.09 Å². The number of hydrogen-bond donors (Lipinski definition) is 0. The van der Waals surface area contributed by atoms with Crippen LogP contribution in [0.2, 0.25) is 0 Å². The van der Waals surface area contributed by atoms with Gasteiger partial charge in [0.25, 0.3) is 0 Å². The van der Waals surface area contributed by atoms with Crippen LogP contribution in [0.5, 0.6) is 5.06 Å². The average molecular weight is 634 g/mol. The second-order valence-corrected chi connectivity index (χ2v) is 14.2. The summed E-state index contributed by atoms with van der Waals surface area (Å²) < 4.78 is 55.2. The minimum Gasteiger partial charge on any atom is -0.399 e. The Kier molecular flexibility index (Phi) is 7.88. The third-order valence-electron chi connectivity index (χ3n) is 8.81. The van der Waals surface area contributed by atoms with E-state index >= 15 is 4.39 Å². The Morgan fingerprint density at radius 1 is 0.932 bits per heavy atom. The molecule has 1 saturated carbocycles. The molecule has 11 heteroatoms. The smallest absolute Gasteiger partial charge is 0.399 e. The minimum absolute atomic E-state index is 0.0787. The molecule has 4 aromatic rings. The van der Waals surface area contributed by atoms with E-state index in [1.165, 1.54) is 22.3 Å². The fraction of sp³-hybridized carbons (Fsp3) is 0.303. The third kappa shape index (κ3) is 5.72. The molecule has 1 aromatic heterocycles. The molecule has 2 atom stereocenters. The fourth-order valence-corrected chi connectivity index (χ4v) is 8.51. The first-order chi connectivity index (χ1) is 21.4. The molecule has 7 rings (SSSR count). The van der Waals surface area contributed by atoms with Crippen molar-refractivity contribution in [2.45, 2.75) is 4.90 Å². The van der Waals surface area contributed by atoms with Gasteiger partial charge in [0.15, 0.2) is 5.06 Å². The predicted octanol–water partition coefficient (Wildman–Crippen LogP) is 5.96. The first-order valence-electron chi connectivity index (χ1n) is 14.7. The molecule has 1 aliphatic carbocycles. The number of rotatable bonds is 8. The van der Waals surface area contributed by atoms with Crippen molar-refractivity contribution in [2.24, 2.45) is 17.8 Å². The van der Waals surface area contributed by atoms with Gasteiger partial charge < -0.3 is 14.4 Å². The van der Waals surface area contributed by atoms with Crippen molar-refractivity contribution in [3.05, 3.63) is 96.1 Å². The number of anilines is 2. The molecule has 44 heavy (non-hydrogen) atoms. The number of nitrogens with zero attached hydrogens (tertiary/aromatic N) is 3. The number of carbonyl (C=O) groups is 1. The van der Waals surface area contributed by atoms with Gasteiger partial charge in [0.2, 0.25) is 10.0 Å². The number of hydrogen-bond acceptors (Lipinski definition) is 7. The number of morpholine rings is 1. The Labute approximate surface area is 260 Å². The van der Waals surface area contributed by atoms with E-state index in [0.29, 0.717) is 62.4 Å². The summed E-state index contributed by atoms with van der Waals surface area (Å²) in [6, 6.07) is 25.1. The third-order valence-corrected chi connectivity index (χ3v) is 11.4. The lowest BCUT2D eigenvalue weighted by Crippen LogP contribution is -2.38. The van der Waals surface area contributed by atoms with E-state index < -0.39 is 21.9 Å². The number of sulfonamides is 1. The van der Waals surface area contributed by atoms with E-state index in [1.807, 2.05) is 46.7 Å². The summed E-state index contributed by atoms with van der Waals surface area (Å²) in [6.45, 7) is 3.35. The van der Waals surface area contributed by atoms with Crippen molar-refractivity contribution in [3.8, 4) is 16.2 Å². The lowest BCUT2D eigenvalue weighted by atomic mass is 10.1. The van der Waals surface area contributed by atoms with Crippen LogP contribution in [-0.4, -0.2) is 64.8 Å². The van der Waals surface area contributed by atoms with Gasteiger partial charge in [0.05, 0.1) is 29.5 Å². The summed E-state index contributed by atoms with van der Waals surface area (Å²) in [5.74, 6) is -0.118. The Hall–Kier alpha value is -3.77. The first kappa shape index (κ1) is 29.0. The molecule has 3 aliphatic rings. The molecular weight excluding hydrogens is 602 g/mol. The van der Waals surface area contributed by atoms with E-state index in [2.05, 4.69) is 0 Å². The number of ether oxygens (including phenoxy) is 2. The number of thiophene rings is 1. The van der Waals surface area contributed by atoms with Crippen molar-refractivity contribution < 1.29 is 27.1 Å². The molecule has 0 bridgehead atoms. The predicted molar refractivity (Wildman–Crippen MR) is 168 cm³/mol. The van der Waals surface area contributed by atoms with Crippen LogP contribution in [0.1, 0.15) is 0 Å². The van der Waals surface area contributed by atoms with E-state index in [1.54, 1.807) is 46.8 Å². The van der Waals surface area contributed by atoms with Gasteiger partial charge in [-0.3, -0.25) is 4.90 Å². The van der Waals surface area contributed by atoms with Crippen LogP contribution in [0.4, 0.5) is 20.6 Å². The molecule has 3 heterocycles. The lowest BCUT2D eigenvalue weighted by Gasteiger charge is -2.30. The summed E-state index contributed by atoms with van der Waals surface area (Å²) in [5.41, 5.74) is 2.69. The SMILES string of the molecule is O=C(Oc1cccs1)N(CC1C2CN(S(=O)(=O)c3cccc(-c4ccccc4)c3)CC12)c1ccc(N2CCOCC2)c(F)c1. The number of piperidine rings is 1. The van der Waals surface area contributed by atoms with Crippen LogP contribution < -0.4 is 14.5 Å². The second-order valence-electron chi connectivity index (χ2n) is 11.4. The van der Waals surface area contributed by atoms with Crippen molar-refractivity contribution in [3.63, 3.8) is 0 Å². The molecule has 8 nitrogen and oxygen atoms in total. The van der Waals surface area contributed by atoms with Gasteiger partial charge in [0, 0.05) is 32.7 Å². The fourth-order valence-electron chi connectivity index (χ4n) is 6.38. The maximum atomic E-state index is 15.4. The van der Waals surface area contributed by atoms with Gasteiger partial charge in [-0.25, -0.2) is 17.6 Å². The van der Waals surface area contributed by atoms with Crippen LogP contribution in [0.25, 0.3) is 11.1 Å². The van der Waals surface area contributed by atoms with E-state index in [-0.39, 0.29) is 22.6 Å². The molecule has 0 radical (unpaired) electrons. The zero-order valence-electron chi connectivity index (χ0n) is 23.9. The second kappa shape index (κ2) is 12.0. The standard InChI is InChI=1S/C33H32FN3O5S2/c34-30-19-25(11-12-31(30)35-13-15-41-16-14-35)37(33(38)42-32-10-5-17-43-32)22-29-27-20-36(21-28(27)29)44(39,40)26-9-4-8-24(18-26)23-6-2-1-3-7-23/h1-12,17-19,27-29H,13-16,20-22H2. The molecule has 228 valence electrons. The van der Waals surface area contributed by atoms with Gasteiger partial charge in [-0.15, -0.1) is 11.3 Å². The Morgan fingerprint density at radius 3 is 2.39 bits per heavy atom. The zero-order valence-corrected chi connectivity index (χ0v) is 25.6. The maximum Gasteiger partial charge on any atom is 0.420 e. The molecule has 2 unspecified atom stereocenters. The molecule has 3 fully saturated rings. The monoisotopic (exact) mass is 633 g/mol. The first-order valence-corrected chi connectivity index (χ1v) is 17.0. The number of halogens is 1. The van der Waals surface area contributed by atoms with Crippen LogP contribution in [0.3, 0.4) is 0 Å². The topological polar surface area (TPSA) is 79.4 Å². The molecule has 2 aliphatic heterocycles. The highest BCUT2D eigenvalue weighted by molar-refractivity contribution is 7.89. The summed E-state index contributed by atoms with van der Waals surface area (Å²) in [4.78, 5) is 17.1. The van der Waals surface area contributed by atoms with E-state index in [9.17, 15) is 13.2 Å². The number of amides is 1. The largest absolute Gasteiger partial charge is 0.420 e. The molecular formula is C33H32FN3O5S2. The minimum atomic E-state index is -3.68. The average Bonchev–Trinajstić information content (AvgIpc) is 3.39.